The molecule has 3 aromatic carbocycles. The standard InChI is InChI=1S/C28H26ClNO2/c1-4-6-24-15-22(16-25(18-30)23-11-7-20(3)8-12-23)17-27(31-5-2)28(24)32-19-21-9-13-26(29)14-10-21/h4,7-17H,1,5-6,19H2,2-3H3/b25-16-. The number of hydrogen-bond donors (Lipinski definition) is 0. The molecule has 4 heteroatoms. The minimum absolute atomic E-state index is 0.392. The Bertz CT molecular complexity index is 1140. The topological polar surface area (TPSA) is 42.2 Å². The van der Waals surface area contributed by atoms with Crippen LogP contribution in [0, 0.1) is 18.3 Å². The average molecular weight is 444 g/mol. The van der Waals surface area contributed by atoms with Crippen molar-refractivity contribution in [2.45, 2.75) is 26.9 Å². The summed E-state index contributed by atoms with van der Waals surface area (Å²) in [6.07, 6.45) is 4.33. The molecule has 0 aliphatic carbocycles. The molecule has 3 aromatic rings. The first kappa shape index (κ1) is 23.2. The lowest BCUT2D eigenvalue weighted by atomic mass is 10.00. The van der Waals surface area contributed by atoms with E-state index in [1.165, 1.54) is 0 Å². The Kier molecular flexibility index (Phi) is 8.14. The van der Waals surface area contributed by atoms with Crippen molar-refractivity contribution in [1.82, 2.24) is 0 Å². The molecule has 0 aromatic heterocycles. The summed E-state index contributed by atoms with van der Waals surface area (Å²) >= 11 is 5.98. The minimum atomic E-state index is 0.392. The molecule has 0 unspecified atom stereocenters. The quantitative estimate of drug-likeness (QED) is 0.196. The molecule has 0 saturated heterocycles. The Morgan fingerprint density at radius 3 is 2.41 bits per heavy atom. The summed E-state index contributed by atoms with van der Waals surface area (Å²) in [5, 5.41) is 10.4. The number of nitrogens with zero attached hydrogens (tertiary/aromatic N) is 1. The van der Waals surface area contributed by atoms with Gasteiger partial charge in [0.15, 0.2) is 11.5 Å². The normalized spacial score (nSPS) is 11.0. The number of hydrogen-bond acceptors (Lipinski definition) is 3. The van der Waals surface area contributed by atoms with Crippen molar-refractivity contribution in [2.75, 3.05) is 6.61 Å². The maximum atomic E-state index is 9.74. The summed E-state index contributed by atoms with van der Waals surface area (Å²) in [5.74, 6) is 1.33. The van der Waals surface area contributed by atoms with E-state index in [9.17, 15) is 5.26 Å². The molecule has 3 rings (SSSR count). The molecular formula is C28H26ClNO2. The molecule has 0 bridgehead atoms. The molecule has 0 aliphatic rings. The van der Waals surface area contributed by atoms with Gasteiger partial charge in [-0.15, -0.1) is 6.58 Å². The molecule has 0 atom stereocenters. The van der Waals surface area contributed by atoms with Gasteiger partial charge >= 0.3 is 0 Å². The van der Waals surface area contributed by atoms with Crippen LogP contribution in [-0.4, -0.2) is 6.61 Å². The maximum absolute atomic E-state index is 9.74. The lowest BCUT2D eigenvalue weighted by Crippen LogP contribution is -2.03. The molecule has 0 heterocycles. The zero-order chi connectivity index (χ0) is 22.9. The van der Waals surface area contributed by atoms with Crippen molar-refractivity contribution in [3.05, 3.63) is 106 Å². The molecule has 0 amide bonds. The van der Waals surface area contributed by atoms with Gasteiger partial charge in [-0.05, 0) is 67.3 Å². The number of ether oxygens (including phenoxy) is 2. The van der Waals surface area contributed by atoms with E-state index in [4.69, 9.17) is 21.1 Å². The highest BCUT2D eigenvalue weighted by Gasteiger charge is 2.14. The summed E-state index contributed by atoms with van der Waals surface area (Å²) in [5.41, 5.74) is 5.46. The monoisotopic (exact) mass is 443 g/mol. The first-order chi connectivity index (χ1) is 15.5. The highest BCUT2D eigenvalue weighted by Crippen LogP contribution is 2.36. The number of allylic oxidation sites excluding steroid dienone is 2. The third-order valence-electron chi connectivity index (χ3n) is 4.91. The summed E-state index contributed by atoms with van der Waals surface area (Å²) < 4.78 is 12.1. The van der Waals surface area contributed by atoms with Crippen LogP contribution in [0.3, 0.4) is 0 Å². The van der Waals surface area contributed by atoms with Gasteiger partial charge < -0.3 is 9.47 Å². The van der Waals surface area contributed by atoms with E-state index in [2.05, 4.69) is 12.6 Å². The number of halogens is 1. The average Bonchev–Trinajstić information content (AvgIpc) is 2.79. The van der Waals surface area contributed by atoms with Crippen molar-refractivity contribution in [2.24, 2.45) is 0 Å². The van der Waals surface area contributed by atoms with E-state index < -0.39 is 0 Å². The van der Waals surface area contributed by atoms with Crippen LogP contribution < -0.4 is 9.47 Å². The largest absolute Gasteiger partial charge is 0.490 e. The number of rotatable bonds is 9. The van der Waals surface area contributed by atoms with Crippen molar-refractivity contribution in [3.63, 3.8) is 0 Å². The molecule has 3 nitrogen and oxygen atoms in total. The van der Waals surface area contributed by atoms with Gasteiger partial charge in [0.1, 0.15) is 6.61 Å². The van der Waals surface area contributed by atoms with Gasteiger partial charge in [0.05, 0.1) is 18.2 Å². The molecule has 162 valence electrons. The minimum Gasteiger partial charge on any atom is -0.490 e. The first-order valence-corrected chi connectivity index (χ1v) is 10.9. The van der Waals surface area contributed by atoms with Gasteiger partial charge in [0.25, 0.3) is 0 Å². The molecule has 0 radical (unpaired) electrons. The molecule has 32 heavy (non-hydrogen) atoms. The molecule has 0 spiro atoms. The van der Waals surface area contributed by atoms with Crippen molar-refractivity contribution in [1.29, 1.82) is 5.26 Å². The van der Waals surface area contributed by atoms with Gasteiger partial charge in [-0.3, -0.25) is 0 Å². The molecule has 0 N–H and O–H groups in total. The van der Waals surface area contributed by atoms with Gasteiger partial charge in [-0.25, -0.2) is 0 Å². The van der Waals surface area contributed by atoms with Gasteiger partial charge in [-0.2, -0.15) is 5.26 Å². The zero-order valence-electron chi connectivity index (χ0n) is 18.4. The SMILES string of the molecule is C=CCc1cc(/C=C(/C#N)c2ccc(C)cc2)cc(OCC)c1OCc1ccc(Cl)cc1. The fraction of sp³-hybridized carbons (Fsp3) is 0.179. The molecular weight excluding hydrogens is 418 g/mol. The molecule has 0 aliphatic heterocycles. The Balaban J connectivity index is 1.99. The lowest BCUT2D eigenvalue weighted by Gasteiger charge is -2.17. The number of benzene rings is 3. The highest BCUT2D eigenvalue weighted by molar-refractivity contribution is 6.30. The van der Waals surface area contributed by atoms with Crippen LogP contribution in [0.1, 0.15) is 34.7 Å². The Morgan fingerprint density at radius 2 is 1.78 bits per heavy atom. The van der Waals surface area contributed by atoms with E-state index in [0.717, 1.165) is 27.8 Å². The second kappa shape index (κ2) is 11.2. The van der Waals surface area contributed by atoms with E-state index in [1.54, 1.807) is 0 Å². The van der Waals surface area contributed by atoms with E-state index in [-0.39, 0.29) is 0 Å². The molecule has 0 fully saturated rings. The summed E-state index contributed by atoms with van der Waals surface area (Å²) in [6.45, 7) is 8.74. The van der Waals surface area contributed by atoms with Crippen LogP contribution >= 0.6 is 11.6 Å². The van der Waals surface area contributed by atoms with Crippen molar-refractivity contribution >= 4 is 23.3 Å². The predicted octanol–water partition coefficient (Wildman–Crippen LogP) is 7.42. The predicted molar refractivity (Wildman–Crippen MR) is 132 cm³/mol. The highest BCUT2D eigenvalue weighted by atomic mass is 35.5. The Morgan fingerprint density at radius 1 is 1.06 bits per heavy atom. The summed E-state index contributed by atoms with van der Waals surface area (Å²) in [4.78, 5) is 0. The first-order valence-electron chi connectivity index (χ1n) is 10.5. The lowest BCUT2D eigenvalue weighted by molar-refractivity contribution is 0.267. The van der Waals surface area contributed by atoms with Gasteiger partial charge in [0, 0.05) is 10.6 Å². The van der Waals surface area contributed by atoms with Crippen LogP contribution in [0.25, 0.3) is 11.6 Å². The number of nitriles is 1. The Labute approximate surface area is 195 Å². The Hall–Kier alpha value is -3.48. The molecule has 0 saturated carbocycles. The van der Waals surface area contributed by atoms with Crippen LogP contribution in [0.5, 0.6) is 11.5 Å². The third kappa shape index (κ3) is 6.03. The van der Waals surface area contributed by atoms with E-state index in [0.29, 0.717) is 41.7 Å². The smallest absolute Gasteiger partial charge is 0.165 e. The van der Waals surface area contributed by atoms with Gasteiger partial charge in [0.2, 0.25) is 0 Å². The van der Waals surface area contributed by atoms with Crippen LogP contribution in [-0.2, 0) is 13.0 Å². The fourth-order valence-corrected chi connectivity index (χ4v) is 3.44. The van der Waals surface area contributed by atoms with Crippen molar-refractivity contribution < 1.29 is 9.47 Å². The zero-order valence-corrected chi connectivity index (χ0v) is 19.2. The van der Waals surface area contributed by atoms with Crippen LogP contribution in [0.4, 0.5) is 0 Å². The van der Waals surface area contributed by atoms with Crippen molar-refractivity contribution in [3.8, 4) is 17.6 Å². The number of aryl methyl sites for hydroxylation is 1. The third-order valence-corrected chi connectivity index (χ3v) is 5.16. The fourth-order valence-electron chi connectivity index (χ4n) is 3.32. The van der Waals surface area contributed by atoms with Crippen LogP contribution in [0.2, 0.25) is 5.02 Å². The second-order valence-electron chi connectivity index (χ2n) is 7.38. The van der Waals surface area contributed by atoms with E-state index in [1.807, 2.05) is 86.7 Å². The van der Waals surface area contributed by atoms with Gasteiger partial charge in [-0.1, -0.05) is 59.6 Å². The van der Waals surface area contributed by atoms with E-state index >= 15 is 0 Å². The second-order valence-corrected chi connectivity index (χ2v) is 7.82. The summed E-state index contributed by atoms with van der Waals surface area (Å²) in [6, 6.07) is 21.7. The summed E-state index contributed by atoms with van der Waals surface area (Å²) in [7, 11) is 0. The maximum Gasteiger partial charge on any atom is 0.165 e. The van der Waals surface area contributed by atoms with Crippen LogP contribution in [0.15, 0.2) is 73.3 Å².